The lowest BCUT2D eigenvalue weighted by molar-refractivity contribution is 0.607. The van der Waals surface area contributed by atoms with Crippen LogP contribution >= 0.6 is 0 Å². The smallest absolute Gasteiger partial charge is 0.164 e. The molecule has 6 aromatic carbocycles. The molecule has 1 atom stereocenters. The zero-order valence-corrected chi connectivity index (χ0v) is 36.7. The highest BCUT2D eigenvalue weighted by molar-refractivity contribution is 6.14. The van der Waals surface area contributed by atoms with E-state index in [0.717, 1.165) is 93.6 Å². The van der Waals surface area contributed by atoms with Crippen molar-refractivity contribution < 1.29 is 4.42 Å². The minimum atomic E-state index is -0.0501. The lowest BCUT2D eigenvalue weighted by atomic mass is 9.78. The van der Waals surface area contributed by atoms with E-state index < -0.39 is 0 Å². The van der Waals surface area contributed by atoms with Gasteiger partial charge in [0.2, 0.25) is 0 Å². The van der Waals surface area contributed by atoms with Crippen molar-refractivity contribution in [2.75, 3.05) is 4.90 Å². The number of aromatic nitrogens is 3. The number of fused-ring (bicyclic) bond motifs is 5. The third-order valence-corrected chi connectivity index (χ3v) is 13.9. The van der Waals surface area contributed by atoms with Crippen LogP contribution in [0.3, 0.4) is 0 Å². The summed E-state index contributed by atoms with van der Waals surface area (Å²) in [6.07, 6.45) is 22.5. The Kier molecular flexibility index (Phi) is 9.52. The van der Waals surface area contributed by atoms with E-state index in [0.29, 0.717) is 11.6 Å². The van der Waals surface area contributed by atoms with Gasteiger partial charge in [0.15, 0.2) is 11.6 Å². The second-order valence-corrected chi connectivity index (χ2v) is 18.1. The molecule has 314 valence electrons. The number of hydrogen-bond donors (Lipinski definition) is 0. The standard InChI is InChI=1S/C60H48N4O/c1-60(2)52-27-15-14-24-47(52)48-35-33-44(37-53(48)60)64(43-31-29-40(30-32-43)39-17-6-3-7-18-39)45-34-36-51-55(38-45)65-54-28-16-26-49(56(51)54)46-23-12-13-25-50(46)59-62-57(41-19-8-4-9-20-41)61-58(63-59)42-21-10-5-11-22-42/h3-11,13-14,16-21,24-26,28-38,42H,12,15,22-23,27H2,1-2H3. The summed E-state index contributed by atoms with van der Waals surface area (Å²) in [5.41, 5.74) is 17.3. The van der Waals surface area contributed by atoms with Crippen LogP contribution in [0.1, 0.15) is 80.2 Å². The maximum atomic E-state index is 6.87. The molecule has 0 saturated heterocycles. The van der Waals surface area contributed by atoms with E-state index >= 15 is 0 Å². The highest BCUT2D eigenvalue weighted by Gasteiger charge is 2.38. The van der Waals surface area contributed by atoms with Crippen LogP contribution in [0.5, 0.6) is 0 Å². The molecule has 4 aliphatic rings. The summed E-state index contributed by atoms with van der Waals surface area (Å²) in [6, 6.07) is 50.1. The van der Waals surface area contributed by atoms with E-state index in [2.05, 4.69) is 189 Å². The topological polar surface area (TPSA) is 55.1 Å². The van der Waals surface area contributed by atoms with Gasteiger partial charge in [-0.05, 0) is 114 Å². The van der Waals surface area contributed by atoms with Crippen LogP contribution in [0.4, 0.5) is 17.1 Å². The maximum Gasteiger partial charge on any atom is 0.164 e. The number of hydrogen-bond acceptors (Lipinski definition) is 5. The molecule has 0 saturated carbocycles. The van der Waals surface area contributed by atoms with Gasteiger partial charge >= 0.3 is 0 Å². The van der Waals surface area contributed by atoms with Crippen LogP contribution in [0.25, 0.3) is 61.2 Å². The normalized spacial score (nSPS) is 17.3. The number of benzene rings is 6. The fourth-order valence-electron chi connectivity index (χ4n) is 10.6. The lowest BCUT2D eigenvalue weighted by Crippen LogP contribution is -2.18. The molecule has 0 spiro atoms. The highest BCUT2D eigenvalue weighted by Crippen LogP contribution is 2.52. The molecule has 1 unspecified atom stereocenters. The van der Waals surface area contributed by atoms with E-state index in [1.807, 2.05) is 18.2 Å². The molecule has 5 nitrogen and oxygen atoms in total. The van der Waals surface area contributed by atoms with Crippen molar-refractivity contribution in [3.63, 3.8) is 0 Å². The molecule has 2 heterocycles. The molecular weight excluding hydrogens is 793 g/mol. The lowest BCUT2D eigenvalue weighted by Gasteiger charge is -2.29. The molecule has 12 rings (SSSR count). The summed E-state index contributed by atoms with van der Waals surface area (Å²) in [4.78, 5) is 17.8. The van der Waals surface area contributed by atoms with Crippen molar-refractivity contribution in [3.8, 4) is 22.5 Å². The maximum absolute atomic E-state index is 6.87. The first-order valence-corrected chi connectivity index (χ1v) is 23.0. The van der Waals surface area contributed by atoms with Gasteiger partial charge < -0.3 is 9.32 Å². The third kappa shape index (κ3) is 6.81. The number of nitrogens with zero attached hydrogens (tertiary/aromatic N) is 4. The summed E-state index contributed by atoms with van der Waals surface area (Å²) < 4.78 is 6.87. The molecule has 4 aliphatic carbocycles. The second kappa shape index (κ2) is 15.9. The Labute approximate surface area is 380 Å². The van der Waals surface area contributed by atoms with E-state index in [9.17, 15) is 0 Å². The largest absolute Gasteiger partial charge is 0.456 e. The van der Waals surface area contributed by atoms with Gasteiger partial charge in [0.25, 0.3) is 0 Å². The minimum Gasteiger partial charge on any atom is -0.456 e. The monoisotopic (exact) mass is 840 g/mol. The number of anilines is 3. The number of allylic oxidation sites excluding steroid dienone is 12. The van der Waals surface area contributed by atoms with Crippen LogP contribution in [-0.2, 0) is 5.41 Å². The zero-order chi connectivity index (χ0) is 43.5. The molecule has 0 amide bonds. The molecule has 0 bridgehead atoms. The Hall–Kier alpha value is -7.63. The molecule has 0 fully saturated rings. The van der Waals surface area contributed by atoms with Gasteiger partial charge in [-0.3, -0.25) is 0 Å². The average Bonchev–Trinajstić information content (AvgIpc) is 3.86. The summed E-state index contributed by atoms with van der Waals surface area (Å²) >= 11 is 0. The summed E-state index contributed by atoms with van der Waals surface area (Å²) in [7, 11) is 0. The SMILES string of the molecule is CC1(C)C2=C(C=CCC2)c2ccc(N(c3ccc(-c4ccccc4)cc3)c3ccc4c(c3)oc3cccc(C5=C(c6nc(-c7ccccc7)nc(C7C=CC=CC7)n6)C=CCC5)c34)cc21. The van der Waals surface area contributed by atoms with Gasteiger partial charge in [-0.2, -0.15) is 0 Å². The first kappa shape index (κ1) is 39.0. The number of furan rings is 1. The van der Waals surface area contributed by atoms with Gasteiger partial charge in [-0.25, -0.2) is 15.0 Å². The van der Waals surface area contributed by atoms with Crippen LogP contribution in [0.15, 0.2) is 198 Å². The molecule has 0 aliphatic heterocycles. The third-order valence-electron chi connectivity index (χ3n) is 13.9. The van der Waals surface area contributed by atoms with Crippen molar-refractivity contribution in [1.29, 1.82) is 0 Å². The van der Waals surface area contributed by atoms with E-state index in [-0.39, 0.29) is 11.3 Å². The van der Waals surface area contributed by atoms with E-state index in [4.69, 9.17) is 19.4 Å². The van der Waals surface area contributed by atoms with Crippen LogP contribution < -0.4 is 4.90 Å². The van der Waals surface area contributed by atoms with Gasteiger partial charge in [0.05, 0.1) is 0 Å². The van der Waals surface area contributed by atoms with Crippen molar-refractivity contribution in [1.82, 2.24) is 15.0 Å². The first-order chi connectivity index (χ1) is 32.0. The van der Waals surface area contributed by atoms with E-state index in [1.165, 1.54) is 33.4 Å². The van der Waals surface area contributed by atoms with Crippen LogP contribution in [0.2, 0.25) is 0 Å². The Balaban J connectivity index is 0.992. The summed E-state index contributed by atoms with van der Waals surface area (Å²) in [5, 5.41) is 2.19. The van der Waals surface area contributed by atoms with Crippen molar-refractivity contribution >= 4 is 55.7 Å². The molecule has 0 N–H and O–H groups in total. The first-order valence-electron chi connectivity index (χ1n) is 23.0. The summed E-state index contributed by atoms with van der Waals surface area (Å²) in [6.45, 7) is 4.79. The molecule has 2 aromatic heterocycles. The zero-order valence-electron chi connectivity index (χ0n) is 36.7. The summed E-state index contributed by atoms with van der Waals surface area (Å²) in [5.74, 6) is 2.27. The molecular formula is C60H48N4O. The fourth-order valence-corrected chi connectivity index (χ4v) is 10.6. The van der Waals surface area contributed by atoms with Gasteiger partial charge in [-0.1, -0.05) is 159 Å². The Morgan fingerprint density at radius 1 is 0.569 bits per heavy atom. The van der Waals surface area contributed by atoms with Crippen molar-refractivity contribution in [2.24, 2.45) is 0 Å². The quantitative estimate of drug-likeness (QED) is 0.153. The second-order valence-electron chi connectivity index (χ2n) is 18.1. The average molecular weight is 841 g/mol. The van der Waals surface area contributed by atoms with Gasteiger partial charge in [0, 0.05) is 56.4 Å². The van der Waals surface area contributed by atoms with Crippen LogP contribution in [-0.4, -0.2) is 15.0 Å². The predicted molar refractivity (Wildman–Crippen MR) is 268 cm³/mol. The molecule has 65 heavy (non-hydrogen) atoms. The molecule has 5 heteroatoms. The number of rotatable bonds is 8. The highest BCUT2D eigenvalue weighted by atomic mass is 16.3. The molecule has 0 radical (unpaired) electrons. The van der Waals surface area contributed by atoms with Crippen molar-refractivity contribution in [2.45, 2.75) is 57.3 Å². The van der Waals surface area contributed by atoms with Crippen LogP contribution in [0, 0.1) is 0 Å². The Morgan fingerprint density at radius 2 is 1.28 bits per heavy atom. The van der Waals surface area contributed by atoms with Gasteiger partial charge in [-0.15, -0.1) is 0 Å². The van der Waals surface area contributed by atoms with Crippen molar-refractivity contribution in [3.05, 3.63) is 222 Å². The van der Waals surface area contributed by atoms with E-state index in [1.54, 1.807) is 5.57 Å². The minimum absolute atomic E-state index is 0.0501. The van der Waals surface area contributed by atoms with Gasteiger partial charge in [0.1, 0.15) is 17.0 Å². The fraction of sp³-hybridized carbons (Fsp3) is 0.150. The Bertz CT molecular complexity index is 3360. The Morgan fingerprint density at radius 3 is 2.08 bits per heavy atom. The predicted octanol–water partition coefficient (Wildman–Crippen LogP) is 15.8. The molecule has 8 aromatic rings.